The lowest BCUT2D eigenvalue weighted by Gasteiger charge is -2.31. The molecule has 0 bridgehead atoms. The summed E-state index contributed by atoms with van der Waals surface area (Å²) in [6.45, 7) is 4.37. The molecule has 1 nitrogen and oxygen atoms in total. The minimum atomic E-state index is 0.0722. The van der Waals surface area contributed by atoms with Crippen molar-refractivity contribution in [1.29, 1.82) is 0 Å². The molecule has 1 heteroatoms. The highest BCUT2D eigenvalue weighted by atomic mass is 14.7. The fraction of sp³-hybridized carbons (Fsp3) is 0.136. The van der Waals surface area contributed by atoms with Crippen LogP contribution in [0.3, 0.4) is 0 Å². The highest BCUT2D eigenvalue weighted by Crippen LogP contribution is 2.67. The van der Waals surface area contributed by atoms with Gasteiger partial charge in [-0.3, -0.25) is 4.98 Å². The van der Waals surface area contributed by atoms with Crippen LogP contribution in [0, 0.1) is 0 Å². The molecule has 23 heavy (non-hydrogen) atoms. The normalized spacial score (nSPS) is 20.0. The van der Waals surface area contributed by atoms with Crippen LogP contribution < -0.4 is 0 Å². The molecule has 0 aliphatic heterocycles. The molecule has 0 saturated heterocycles. The summed E-state index contributed by atoms with van der Waals surface area (Å²) in [7, 11) is 0. The third-order valence-corrected chi connectivity index (χ3v) is 5.47. The van der Waals surface area contributed by atoms with Gasteiger partial charge >= 0.3 is 0 Å². The summed E-state index contributed by atoms with van der Waals surface area (Å²) >= 11 is 0. The second kappa shape index (κ2) is 4.42. The fourth-order valence-corrected chi connectivity index (χ4v) is 4.36. The molecule has 5 rings (SSSR count). The van der Waals surface area contributed by atoms with Crippen LogP contribution in [0.1, 0.15) is 40.3 Å². The van der Waals surface area contributed by atoms with Crippen LogP contribution in [0.2, 0.25) is 0 Å². The Morgan fingerprint density at radius 2 is 1.43 bits per heavy atom. The van der Waals surface area contributed by atoms with Crippen molar-refractivity contribution in [2.75, 3.05) is 0 Å². The Balaban J connectivity index is 1.78. The van der Waals surface area contributed by atoms with E-state index in [0.29, 0.717) is 5.92 Å². The van der Waals surface area contributed by atoms with Crippen molar-refractivity contribution in [3.63, 3.8) is 0 Å². The first kappa shape index (κ1) is 12.8. The molecule has 1 heterocycles. The van der Waals surface area contributed by atoms with Crippen LogP contribution in [0.4, 0.5) is 0 Å². The maximum absolute atomic E-state index is 4.63. The summed E-state index contributed by atoms with van der Waals surface area (Å²) in [6.07, 6.45) is 3.03. The number of pyridine rings is 1. The van der Waals surface area contributed by atoms with Gasteiger partial charge in [0.05, 0.1) is 0 Å². The second-order valence-electron chi connectivity index (χ2n) is 6.55. The van der Waals surface area contributed by atoms with Gasteiger partial charge in [0.2, 0.25) is 0 Å². The Bertz CT molecular complexity index is 874. The second-order valence-corrected chi connectivity index (χ2v) is 6.55. The number of aromatic nitrogens is 1. The molecular formula is C22H17N. The van der Waals surface area contributed by atoms with Crippen LogP contribution >= 0.6 is 0 Å². The first-order chi connectivity index (χ1) is 11.3. The summed E-state index contributed by atoms with van der Waals surface area (Å²) in [4.78, 5) is 4.63. The topological polar surface area (TPSA) is 12.9 Å². The summed E-state index contributed by atoms with van der Waals surface area (Å²) in [5, 5.41) is 0. The van der Waals surface area contributed by atoms with Crippen LogP contribution in [0.15, 0.2) is 79.5 Å². The van der Waals surface area contributed by atoms with Gasteiger partial charge in [0, 0.05) is 23.2 Å². The summed E-state index contributed by atoms with van der Waals surface area (Å²) in [5.74, 6) is 0.457. The van der Waals surface area contributed by atoms with Gasteiger partial charge in [0.25, 0.3) is 0 Å². The van der Waals surface area contributed by atoms with E-state index in [9.17, 15) is 0 Å². The Hall–Kier alpha value is -2.67. The lowest BCUT2D eigenvalue weighted by atomic mass is 9.72. The van der Waals surface area contributed by atoms with Gasteiger partial charge < -0.3 is 0 Å². The van der Waals surface area contributed by atoms with Gasteiger partial charge in [0.15, 0.2) is 0 Å². The minimum absolute atomic E-state index is 0.0722. The first-order valence-electron chi connectivity index (χ1n) is 8.12. The highest BCUT2D eigenvalue weighted by Gasteiger charge is 2.60. The zero-order chi connectivity index (χ0) is 15.4. The zero-order valence-electron chi connectivity index (χ0n) is 12.9. The van der Waals surface area contributed by atoms with E-state index in [0.717, 1.165) is 12.0 Å². The van der Waals surface area contributed by atoms with Crippen LogP contribution in [0.5, 0.6) is 0 Å². The Labute approximate surface area is 136 Å². The predicted molar refractivity (Wildman–Crippen MR) is 93.4 cm³/mol. The first-order valence-corrected chi connectivity index (χ1v) is 8.12. The number of benzene rings is 2. The Morgan fingerprint density at radius 1 is 0.826 bits per heavy atom. The zero-order valence-corrected chi connectivity index (χ0v) is 12.9. The van der Waals surface area contributed by atoms with E-state index in [1.54, 1.807) is 0 Å². The van der Waals surface area contributed by atoms with Crippen LogP contribution in [-0.4, -0.2) is 4.98 Å². The molecular weight excluding hydrogens is 278 g/mol. The lowest BCUT2D eigenvalue weighted by molar-refractivity contribution is 0.775. The van der Waals surface area contributed by atoms with E-state index >= 15 is 0 Å². The molecule has 2 aromatic carbocycles. The van der Waals surface area contributed by atoms with E-state index in [2.05, 4.69) is 72.2 Å². The average Bonchev–Trinajstić information content (AvgIpc) is 3.37. The Morgan fingerprint density at radius 3 is 2.04 bits per heavy atom. The molecule has 1 aromatic heterocycles. The van der Waals surface area contributed by atoms with Crippen molar-refractivity contribution < 1.29 is 0 Å². The standard InChI is InChI=1S/C22H17N/c1-15-16-8-2-4-10-18(16)22(19-11-5-3-9-17(15)19)14-20(22)21-12-6-7-13-23-21/h2-13,20H,1,14H2. The van der Waals surface area contributed by atoms with Gasteiger partial charge in [-0.05, 0) is 46.4 Å². The highest BCUT2D eigenvalue weighted by molar-refractivity contribution is 5.88. The molecule has 0 amide bonds. The quantitative estimate of drug-likeness (QED) is 0.620. The summed E-state index contributed by atoms with van der Waals surface area (Å²) < 4.78 is 0. The molecule has 0 radical (unpaired) electrons. The van der Waals surface area contributed by atoms with Gasteiger partial charge in [-0.15, -0.1) is 0 Å². The van der Waals surface area contributed by atoms with Crippen molar-refractivity contribution in [3.05, 3.63) is 107 Å². The lowest BCUT2D eigenvalue weighted by Crippen LogP contribution is -2.21. The summed E-state index contributed by atoms with van der Waals surface area (Å²) in [5.41, 5.74) is 7.84. The molecule has 2 aliphatic rings. The van der Waals surface area contributed by atoms with Crippen molar-refractivity contribution in [2.45, 2.75) is 17.8 Å². The Kier molecular flexibility index (Phi) is 2.47. The van der Waals surface area contributed by atoms with Crippen LogP contribution in [-0.2, 0) is 5.41 Å². The number of rotatable bonds is 1. The van der Waals surface area contributed by atoms with Crippen molar-refractivity contribution >= 4 is 5.57 Å². The molecule has 0 N–H and O–H groups in total. The molecule has 1 fully saturated rings. The molecule has 1 unspecified atom stereocenters. The maximum atomic E-state index is 4.63. The maximum Gasteiger partial charge on any atom is 0.0447 e. The predicted octanol–water partition coefficient (Wildman–Crippen LogP) is 4.93. The molecule has 2 aliphatic carbocycles. The van der Waals surface area contributed by atoms with Crippen molar-refractivity contribution in [1.82, 2.24) is 4.98 Å². The molecule has 3 aromatic rings. The minimum Gasteiger partial charge on any atom is -0.261 e. The van der Waals surface area contributed by atoms with E-state index < -0.39 is 0 Å². The molecule has 110 valence electrons. The third kappa shape index (κ3) is 1.60. The molecule has 1 atom stereocenters. The van der Waals surface area contributed by atoms with Crippen molar-refractivity contribution in [2.24, 2.45) is 0 Å². The summed E-state index contributed by atoms with van der Waals surface area (Å²) in [6, 6.07) is 23.7. The largest absolute Gasteiger partial charge is 0.261 e. The third-order valence-electron chi connectivity index (χ3n) is 5.47. The molecule has 1 saturated carbocycles. The van der Waals surface area contributed by atoms with Gasteiger partial charge in [0.1, 0.15) is 0 Å². The van der Waals surface area contributed by atoms with Gasteiger partial charge in [-0.2, -0.15) is 0 Å². The smallest absolute Gasteiger partial charge is 0.0447 e. The van der Waals surface area contributed by atoms with E-state index in [-0.39, 0.29) is 5.41 Å². The number of nitrogens with zero attached hydrogens (tertiary/aromatic N) is 1. The SMILES string of the molecule is C=C1c2ccccc2C2(CC2c2ccccn2)c2ccccc21. The monoisotopic (exact) mass is 295 g/mol. The van der Waals surface area contributed by atoms with Crippen molar-refractivity contribution in [3.8, 4) is 0 Å². The number of hydrogen-bond acceptors (Lipinski definition) is 1. The van der Waals surface area contributed by atoms with Gasteiger partial charge in [-0.25, -0.2) is 0 Å². The average molecular weight is 295 g/mol. The van der Waals surface area contributed by atoms with E-state index in [4.69, 9.17) is 0 Å². The van der Waals surface area contributed by atoms with Crippen LogP contribution in [0.25, 0.3) is 5.57 Å². The van der Waals surface area contributed by atoms with E-state index in [1.165, 1.54) is 27.9 Å². The number of hydrogen-bond donors (Lipinski definition) is 0. The van der Waals surface area contributed by atoms with E-state index in [1.807, 2.05) is 12.3 Å². The molecule has 1 spiro atoms. The van der Waals surface area contributed by atoms with Gasteiger partial charge in [-0.1, -0.05) is 61.2 Å². The number of fused-ring (bicyclic) bond motifs is 4. The fourth-order valence-electron chi connectivity index (χ4n) is 4.36.